The second kappa shape index (κ2) is 8.23. The summed E-state index contributed by atoms with van der Waals surface area (Å²) in [5.74, 6) is -0.161. The van der Waals surface area contributed by atoms with Crippen molar-refractivity contribution in [3.8, 4) is 0 Å². The van der Waals surface area contributed by atoms with Crippen LogP contribution in [0.25, 0.3) is 0 Å². The van der Waals surface area contributed by atoms with Crippen molar-refractivity contribution in [3.63, 3.8) is 0 Å². The summed E-state index contributed by atoms with van der Waals surface area (Å²) < 4.78 is 27.1. The van der Waals surface area contributed by atoms with Crippen LogP contribution in [0.1, 0.15) is 36.0 Å². The Morgan fingerprint density at radius 1 is 1.00 bits per heavy atom. The van der Waals surface area contributed by atoms with E-state index in [4.69, 9.17) is 0 Å². The van der Waals surface area contributed by atoms with Gasteiger partial charge in [0.1, 0.15) is 0 Å². The van der Waals surface area contributed by atoms with Crippen LogP contribution in [0.3, 0.4) is 0 Å². The summed E-state index contributed by atoms with van der Waals surface area (Å²) in [6, 6.07) is 12.5. The van der Waals surface area contributed by atoms with Crippen LogP contribution in [0, 0.1) is 13.8 Å². The number of aryl methyl sites for hydroxylation is 2. The van der Waals surface area contributed by atoms with Gasteiger partial charge in [0.2, 0.25) is 15.9 Å². The molecule has 1 amide bonds. The second-order valence-corrected chi connectivity index (χ2v) is 9.07. The molecule has 6 heteroatoms. The molecule has 0 unspecified atom stereocenters. The zero-order valence-corrected chi connectivity index (χ0v) is 16.7. The number of nitrogens with zero attached hydrogens (tertiary/aromatic N) is 1. The van der Waals surface area contributed by atoms with E-state index < -0.39 is 10.0 Å². The Morgan fingerprint density at radius 3 is 2.44 bits per heavy atom. The zero-order valence-electron chi connectivity index (χ0n) is 15.9. The molecule has 5 nitrogen and oxygen atoms in total. The molecule has 0 spiro atoms. The van der Waals surface area contributed by atoms with Crippen LogP contribution < -0.4 is 5.32 Å². The van der Waals surface area contributed by atoms with Crippen LogP contribution in [0.2, 0.25) is 0 Å². The van der Waals surface area contributed by atoms with Gasteiger partial charge in [-0.15, -0.1) is 0 Å². The molecule has 0 aliphatic carbocycles. The van der Waals surface area contributed by atoms with Gasteiger partial charge in [-0.1, -0.05) is 30.7 Å². The molecular formula is C21H26N2O3S. The molecule has 0 saturated carbocycles. The van der Waals surface area contributed by atoms with E-state index in [-0.39, 0.29) is 17.2 Å². The van der Waals surface area contributed by atoms with Gasteiger partial charge in [-0.05, 0) is 61.6 Å². The number of nitrogens with one attached hydrogen (secondary N) is 1. The molecule has 3 rings (SSSR count). The topological polar surface area (TPSA) is 66.5 Å². The molecule has 1 aliphatic heterocycles. The van der Waals surface area contributed by atoms with E-state index in [1.54, 1.807) is 24.3 Å². The molecule has 2 aromatic rings. The molecule has 1 heterocycles. The van der Waals surface area contributed by atoms with Crippen molar-refractivity contribution in [2.45, 2.75) is 44.4 Å². The zero-order chi connectivity index (χ0) is 19.4. The lowest BCUT2D eigenvalue weighted by molar-refractivity contribution is -0.115. The maximum absolute atomic E-state index is 12.8. The van der Waals surface area contributed by atoms with Crippen molar-refractivity contribution in [1.82, 2.24) is 4.31 Å². The van der Waals surface area contributed by atoms with E-state index in [1.807, 2.05) is 32.0 Å². The SMILES string of the molecule is Cc1ccc(CC(=O)Nc2cccc(S(=O)(=O)N3CCCCC3)c2)cc1C. The molecule has 2 aromatic carbocycles. The minimum atomic E-state index is -3.51. The number of anilines is 1. The van der Waals surface area contributed by atoms with E-state index in [1.165, 1.54) is 9.87 Å². The Bertz CT molecular complexity index is 932. The minimum absolute atomic E-state index is 0.161. The van der Waals surface area contributed by atoms with Crippen LogP contribution in [-0.2, 0) is 21.2 Å². The first-order valence-electron chi connectivity index (χ1n) is 9.32. The smallest absolute Gasteiger partial charge is 0.243 e. The number of hydrogen-bond acceptors (Lipinski definition) is 3. The number of benzene rings is 2. The molecule has 1 saturated heterocycles. The van der Waals surface area contributed by atoms with Crippen LogP contribution in [0.15, 0.2) is 47.4 Å². The molecule has 1 N–H and O–H groups in total. The van der Waals surface area contributed by atoms with Gasteiger partial charge in [0.05, 0.1) is 11.3 Å². The fraction of sp³-hybridized carbons (Fsp3) is 0.381. The maximum Gasteiger partial charge on any atom is 0.243 e. The minimum Gasteiger partial charge on any atom is -0.326 e. The van der Waals surface area contributed by atoms with Gasteiger partial charge in [-0.2, -0.15) is 4.31 Å². The quantitative estimate of drug-likeness (QED) is 0.853. The Labute approximate surface area is 161 Å². The van der Waals surface area contributed by atoms with E-state index in [0.717, 1.165) is 30.4 Å². The van der Waals surface area contributed by atoms with Crippen LogP contribution in [-0.4, -0.2) is 31.7 Å². The van der Waals surface area contributed by atoms with Gasteiger partial charge in [-0.25, -0.2) is 8.42 Å². The first-order chi connectivity index (χ1) is 12.9. The standard InChI is InChI=1S/C21H26N2O3S/c1-16-9-10-18(13-17(16)2)14-21(24)22-19-7-6-8-20(15-19)27(25,26)23-11-4-3-5-12-23/h6-10,13,15H,3-5,11-12,14H2,1-2H3,(H,22,24). The summed E-state index contributed by atoms with van der Waals surface area (Å²) >= 11 is 0. The average Bonchev–Trinajstić information content (AvgIpc) is 2.65. The molecule has 0 atom stereocenters. The predicted molar refractivity (Wildman–Crippen MR) is 107 cm³/mol. The Hall–Kier alpha value is -2.18. The summed E-state index contributed by atoms with van der Waals surface area (Å²) in [5, 5.41) is 2.82. The summed E-state index contributed by atoms with van der Waals surface area (Å²) in [5.41, 5.74) is 3.78. The monoisotopic (exact) mass is 386 g/mol. The third-order valence-corrected chi connectivity index (χ3v) is 6.90. The average molecular weight is 387 g/mol. The largest absolute Gasteiger partial charge is 0.326 e. The van der Waals surface area contributed by atoms with Crippen LogP contribution >= 0.6 is 0 Å². The number of rotatable bonds is 5. The third kappa shape index (κ3) is 4.76. The second-order valence-electron chi connectivity index (χ2n) is 7.14. The van der Waals surface area contributed by atoms with Gasteiger partial charge >= 0.3 is 0 Å². The lowest BCUT2D eigenvalue weighted by Crippen LogP contribution is -2.35. The molecule has 144 valence electrons. The summed E-state index contributed by atoms with van der Waals surface area (Å²) in [6.45, 7) is 5.18. The lowest BCUT2D eigenvalue weighted by Gasteiger charge is -2.26. The van der Waals surface area contributed by atoms with Gasteiger partial charge in [0.25, 0.3) is 0 Å². The highest BCUT2D eigenvalue weighted by atomic mass is 32.2. The highest BCUT2D eigenvalue weighted by Crippen LogP contribution is 2.23. The van der Waals surface area contributed by atoms with Crippen molar-refractivity contribution >= 4 is 21.6 Å². The number of carbonyl (C=O) groups is 1. The van der Waals surface area contributed by atoms with Crippen LogP contribution in [0.4, 0.5) is 5.69 Å². The fourth-order valence-corrected chi connectivity index (χ4v) is 4.86. The van der Waals surface area contributed by atoms with Crippen molar-refractivity contribution in [2.24, 2.45) is 0 Å². The Balaban J connectivity index is 1.71. The van der Waals surface area contributed by atoms with E-state index >= 15 is 0 Å². The normalized spacial score (nSPS) is 15.5. The van der Waals surface area contributed by atoms with Gasteiger partial charge in [-0.3, -0.25) is 4.79 Å². The lowest BCUT2D eigenvalue weighted by atomic mass is 10.0. The number of piperidine rings is 1. The van der Waals surface area contributed by atoms with Crippen molar-refractivity contribution in [2.75, 3.05) is 18.4 Å². The highest BCUT2D eigenvalue weighted by Gasteiger charge is 2.26. The fourth-order valence-electron chi connectivity index (χ4n) is 3.29. The molecule has 0 bridgehead atoms. The number of amides is 1. The maximum atomic E-state index is 12.8. The van der Waals surface area contributed by atoms with Gasteiger partial charge in [0, 0.05) is 18.8 Å². The van der Waals surface area contributed by atoms with Gasteiger partial charge < -0.3 is 5.32 Å². The van der Waals surface area contributed by atoms with Crippen LogP contribution in [0.5, 0.6) is 0 Å². The number of hydrogen-bond donors (Lipinski definition) is 1. The predicted octanol–water partition coefficient (Wildman–Crippen LogP) is 3.66. The molecule has 1 aliphatic rings. The molecular weight excluding hydrogens is 360 g/mol. The van der Waals surface area contributed by atoms with E-state index in [9.17, 15) is 13.2 Å². The number of carbonyl (C=O) groups excluding carboxylic acids is 1. The van der Waals surface area contributed by atoms with Crippen molar-refractivity contribution in [3.05, 3.63) is 59.2 Å². The molecule has 27 heavy (non-hydrogen) atoms. The Kier molecular flexibility index (Phi) is 5.97. The summed E-state index contributed by atoms with van der Waals surface area (Å²) in [7, 11) is -3.51. The summed E-state index contributed by atoms with van der Waals surface area (Å²) in [4.78, 5) is 12.6. The van der Waals surface area contributed by atoms with Crippen molar-refractivity contribution in [1.29, 1.82) is 0 Å². The first-order valence-corrected chi connectivity index (χ1v) is 10.8. The van der Waals surface area contributed by atoms with Crippen molar-refractivity contribution < 1.29 is 13.2 Å². The van der Waals surface area contributed by atoms with Gasteiger partial charge in [0.15, 0.2) is 0 Å². The third-order valence-electron chi connectivity index (χ3n) is 5.01. The van der Waals surface area contributed by atoms with E-state index in [2.05, 4.69) is 5.32 Å². The Morgan fingerprint density at radius 2 is 1.74 bits per heavy atom. The molecule has 0 radical (unpaired) electrons. The number of sulfonamides is 1. The summed E-state index contributed by atoms with van der Waals surface area (Å²) in [6.07, 6.45) is 3.11. The molecule has 0 aromatic heterocycles. The highest BCUT2D eigenvalue weighted by molar-refractivity contribution is 7.89. The van der Waals surface area contributed by atoms with E-state index in [0.29, 0.717) is 18.8 Å². The first kappa shape index (κ1) is 19.6. The molecule has 1 fully saturated rings.